The van der Waals surface area contributed by atoms with Crippen molar-refractivity contribution in [3.63, 3.8) is 0 Å². The van der Waals surface area contributed by atoms with Gasteiger partial charge in [0.05, 0.1) is 0 Å². The first-order valence-corrected chi connectivity index (χ1v) is 13.4. The number of fused-ring (bicyclic) bond motifs is 2. The van der Waals surface area contributed by atoms with Crippen LogP contribution in [0, 0.1) is 0 Å². The number of carboxylic acids is 1. The molecule has 3 aliphatic rings. The van der Waals surface area contributed by atoms with Gasteiger partial charge in [0.1, 0.15) is 29.9 Å². The van der Waals surface area contributed by atoms with Gasteiger partial charge in [0.25, 0.3) is 11.8 Å². The number of rotatable bonds is 7. The highest BCUT2D eigenvalue weighted by Gasteiger charge is 2.55. The molecule has 0 bridgehead atoms. The molecule has 4 N–H and O–H groups in total. The maximum Gasteiger partial charge on any atom is 0.352 e. The van der Waals surface area contributed by atoms with Crippen molar-refractivity contribution in [3.05, 3.63) is 51.9 Å². The second kappa shape index (κ2) is 9.90. The van der Waals surface area contributed by atoms with Gasteiger partial charge in [0.15, 0.2) is 29.3 Å². The molecule has 1 fully saturated rings. The Morgan fingerprint density at radius 2 is 2.19 bits per heavy atom. The minimum Gasteiger partial charge on any atom is -0.477 e. The molecule has 0 spiro atoms. The summed E-state index contributed by atoms with van der Waals surface area (Å²) in [6.45, 7) is 0.404. The molecular formula is C23H25N6O5S2+. The largest absolute Gasteiger partial charge is 0.477 e. The monoisotopic (exact) mass is 529 g/mol. The zero-order valence-corrected chi connectivity index (χ0v) is 21.1. The van der Waals surface area contributed by atoms with E-state index in [4.69, 9.17) is 10.6 Å². The van der Waals surface area contributed by atoms with Crippen molar-refractivity contribution < 1.29 is 28.9 Å². The fraction of sp³-hybridized carbons (Fsp3) is 0.391. The maximum absolute atomic E-state index is 13.1. The van der Waals surface area contributed by atoms with E-state index in [2.05, 4.69) is 26.1 Å². The summed E-state index contributed by atoms with van der Waals surface area (Å²) in [7, 11) is 1.30. The second-order valence-corrected chi connectivity index (χ2v) is 10.6. The molecule has 1 aliphatic carbocycles. The predicted octanol–water partition coefficient (Wildman–Crippen LogP) is 0.681. The van der Waals surface area contributed by atoms with Gasteiger partial charge in [-0.1, -0.05) is 5.16 Å². The molecule has 2 atom stereocenters. The van der Waals surface area contributed by atoms with E-state index >= 15 is 0 Å². The average Bonchev–Trinajstić information content (AvgIpc) is 3.31. The predicted molar refractivity (Wildman–Crippen MR) is 133 cm³/mol. The highest BCUT2D eigenvalue weighted by molar-refractivity contribution is 8.00. The Hall–Kier alpha value is -3.45. The minimum atomic E-state index is -1.15. The van der Waals surface area contributed by atoms with E-state index in [1.54, 1.807) is 5.38 Å². The number of amides is 2. The number of hydrogen-bond acceptors (Lipinski definition) is 9. The maximum atomic E-state index is 13.1. The molecule has 2 amide bonds. The summed E-state index contributed by atoms with van der Waals surface area (Å²) in [6, 6.07) is 3.21. The summed E-state index contributed by atoms with van der Waals surface area (Å²) in [5.74, 6) is -1.86. The van der Waals surface area contributed by atoms with E-state index in [1.807, 2.05) is 12.3 Å². The van der Waals surface area contributed by atoms with E-state index in [9.17, 15) is 19.5 Å². The van der Waals surface area contributed by atoms with E-state index in [1.165, 1.54) is 35.0 Å². The smallest absolute Gasteiger partial charge is 0.352 e. The Morgan fingerprint density at radius 1 is 1.39 bits per heavy atom. The van der Waals surface area contributed by atoms with E-state index < -0.39 is 29.2 Å². The Morgan fingerprint density at radius 3 is 2.92 bits per heavy atom. The van der Waals surface area contributed by atoms with Crippen molar-refractivity contribution >= 4 is 51.7 Å². The standard InChI is InChI=1S/C23H24N6O5S2/c1-34-27-16(14-11-36-23(24)25-14)19(30)26-17-20(31)29-18(22(32)33)13(10-35-21(17)29)9-28-8-4-6-12-5-2-3-7-15(12)28/h4,6,8,11,17,21H,2-3,5,7,9-10H2,1H3,(H3-,24,25,26,30,32,33)/p+1/b27-16+/t17-,21?/m1/s1. The first-order valence-electron chi connectivity index (χ1n) is 11.4. The number of hydrogen-bond donors (Lipinski definition) is 3. The van der Waals surface area contributed by atoms with Crippen LogP contribution in [0.3, 0.4) is 0 Å². The van der Waals surface area contributed by atoms with Crippen molar-refractivity contribution in [2.24, 2.45) is 5.16 Å². The number of aromatic nitrogens is 2. The lowest BCUT2D eigenvalue weighted by molar-refractivity contribution is -0.697. The molecule has 1 saturated heterocycles. The third kappa shape index (κ3) is 4.32. The normalized spacial score (nSPS) is 21.4. The molecular weight excluding hydrogens is 504 g/mol. The quantitative estimate of drug-likeness (QED) is 0.205. The van der Waals surface area contributed by atoms with Crippen molar-refractivity contribution in [2.75, 3.05) is 18.6 Å². The molecule has 0 saturated carbocycles. The highest BCUT2D eigenvalue weighted by Crippen LogP contribution is 2.40. The minimum absolute atomic E-state index is 0.00628. The Bertz CT molecular complexity index is 1310. The van der Waals surface area contributed by atoms with Gasteiger partial charge in [-0.3, -0.25) is 14.5 Å². The zero-order valence-electron chi connectivity index (χ0n) is 19.5. The van der Waals surface area contributed by atoms with Crippen molar-refractivity contribution in [1.82, 2.24) is 15.2 Å². The number of β-lactam (4-membered cyclic amide) rings is 1. The van der Waals surface area contributed by atoms with Gasteiger partial charge >= 0.3 is 5.97 Å². The average molecular weight is 530 g/mol. The SMILES string of the molecule is CO/N=C(/C(=O)N[C@@H]1C(=O)N2C(C(=O)O)=C(C[n+]3cccc4c3CCCC4)CSC12)c1csc(N)n1. The molecule has 2 aromatic rings. The summed E-state index contributed by atoms with van der Waals surface area (Å²) >= 11 is 2.57. The van der Waals surface area contributed by atoms with Gasteiger partial charge in [-0.2, -0.15) is 4.57 Å². The van der Waals surface area contributed by atoms with Crippen LogP contribution in [0.5, 0.6) is 0 Å². The van der Waals surface area contributed by atoms with E-state index in [-0.39, 0.29) is 22.2 Å². The summed E-state index contributed by atoms with van der Waals surface area (Å²) in [4.78, 5) is 48.4. The lowest BCUT2D eigenvalue weighted by Crippen LogP contribution is -2.71. The van der Waals surface area contributed by atoms with Crippen LogP contribution in [0.4, 0.5) is 5.13 Å². The van der Waals surface area contributed by atoms with E-state index in [0.29, 0.717) is 17.9 Å². The molecule has 5 rings (SSSR count). The van der Waals surface area contributed by atoms with Gasteiger partial charge < -0.3 is 21.0 Å². The number of nitrogens with one attached hydrogen (secondary N) is 1. The van der Waals surface area contributed by atoms with Crippen LogP contribution in [0.25, 0.3) is 0 Å². The number of aliphatic carboxylic acids is 1. The molecule has 11 nitrogen and oxygen atoms in total. The lowest BCUT2D eigenvalue weighted by atomic mass is 9.95. The van der Waals surface area contributed by atoms with Crippen LogP contribution in [-0.4, -0.2) is 62.8 Å². The second-order valence-electron chi connectivity index (χ2n) is 8.63. The van der Waals surface area contributed by atoms with E-state index in [0.717, 1.165) is 37.0 Å². The number of anilines is 1. The number of nitrogens with zero attached hydrogens (tertiary/aromatic N) is 4. The van der Waals surface area contributed by atoms with Crippen molar-refractivity contribution in [2.45, 2.75) is 43.6 Å². The fourth-order valence-electron chi connectivity index (χ4n) is 4.83. The van der Waals surface area contributed by atoms with Crippen LogP contribution in [0.1, 0.15) is 29.8 Å². The van der Waals surface area contributed by atoms with Crippen LogP contribution in [-0.2, 0) is 38.6 Å². The number of carbonyl (C=O) groups is 3. The van der Waals surface area contributed by atoms with Crippen molar-refractivity contribution in [3.8, 4) is 0 Å². The number of pyridine rings is 1. The number of carboxylic acid groups (broad SMARTS) is 1. The van der Waals surface area contributed by atoms with Crippen LogP contribution in [0.2, 0.25) is 0 Å². The Labute approximate surface area is 215 Å². The third-order valence-corrected chi connectivity index (χ3v) is 8.46. The number of thiazole rings is 1. The van der Waals surface area contributed by atoms with Crippen LogP contribution >= 0.6 is 23.1 Å². The molecule has 4 heterocycles. The van der Waals surface area contributed by atoms with Gasteiger partial charge in [-0.15, -0.1) is 23.1 Å². The van der Waals surface area contributed by atoms with Gasteiger partial charge in [-0.05, 0) is 25.3 Å². The first-order chi connectivity index (χ1) is 17.4. The summed E-state index contributed by atoms with van der Waals surface area (Å²) in [5, 5.41) is 17.7. The molecule has 188 valence electrons. The topological polar surface area (TPSA) is 151 Å². The van der Waals surface area contributed by atoms with Crippen LogP contribution < -0.4 is 15.6 Å². The number of nitrogens with two attached hydrogens (primary N) is 1. The molecule has 1 unspecified atom stereocenters. The number of oxime groups is 1. The molecule has 2 aromatic heterocycles. The van der Waals surface area contributed by atoms with Crippen molar-refractivity contribution in [1.29, 1.82) is 0 Å². The fourth-order valence-corrected chi connectivity index (χ4v) is 6.72. The van der Waals surface area contributed by atoms with Gasteiger partial charge in [0.2, 0.25) is 0 Å². The molecule has 0 aromatic carbocycles. The number of nitrogen functional groups attached to an aromatic ring is 1. The Balaban J connectivity index is 1.36. The van der Waals surface area contributed by atoms with Gasteiger partial charge in [-0.25, -0.2) is 9.78 Å². The first kappa shape index (κ1) is 24.3. The van der Waals surface area contributed by atoms with Crippen LogP contribution in [0.15, 0.2) is 40.1 Å². The van der Waals surface area contributed by atoms with Gasteiger partial charge in [0, 0.05) is 34.8 Å². The number of carbonyl (C=O) groups excluding carboxylic acids is 2. The highest BCUT2D eigenvalue weighted by atomic mass is 32.2. The summed E-state index contributed by atoms with van der Waals surface area (Å²) < 4.78 is 2.10. The molecule has 13 heteroatoms. The molecule has 2 aliphatic heterocycles. The number of aryl methyl sites for hydroxylation is 1. The third-order valence-electron chi connectivity index (χ3n) is 6.45. The molecule has 0 radical (unpaired) electrons. The Kier molecular flexibility index (Phi) is 6.67. The summed E-state index contributed by atoms with van der Waals surface area (Å²) in [6.07, 6.45) is 6.20. The zero-order chi connectivity index (χ0) is 25.4. The lowest BCUT2D eigenvalue weighted by Gasteiger charge is -2.49. The molecule has 36 heavy (non-hydrogen) atoms. The number of thioether (sulfide) groups is 1. The summed E-state index contributed by atoms with van der Waals surface area (Å²) in [5.41, 5.74) is 8.96.